The molecule has 2 rings (SSSR count). The molecular formula is C14H21IN2O. The number of methoxy groups -OCH3 is 1. The normalized spacial score (nSPS) is 17.9. The highest BCUT2D eigenvalue weighted by molar-refractivity contribution is 14.1. The summed E-state index contributed by atoms with van der Waals surface area (Å²) in [6.07, 6.45) is 1.03. The molecule has 100 valence electrons. The van der Waals surface area contributed by atoms with E-state index in [4.69, 9.17) is 4.74 Å². The van der Waals surface area contributed by atoms with Crippen molar-refractivity contribution in [1.82, 2.24) is 8.01 Å². The second-order valence-corrected chi connectivity index (χ2v) is 6.05. The molecule has 4 heteroatoms. The zero-order valence-electron chi connectivity index (χ0n) is 11.2. The van der Waals surface area contributed by atoms with E-state index in [2.05, 4.69) is 56.0 Å². The smallest absolute Gasteiger partial charge is 0.122 e. The third-order valence-electron chi connectivity index (χ3n) is 3.45. The second-order valence-electron chi connectivity index (χ2n) is 4.69. The number of hydrogen-bond acceptors (Lipinski definition) is 3. The number of halogens is 1. The van der Waals surface area contributed by atoms with E-state index in [0.717, 1.165) is 44.9 Å². The van der Waals surface area contributed by atoms with E-state index in [1.54, 1.807) is 7.11 Å². The molecule has 0 atom stereocenters. The fourth-order valence-electron chi connectivity index (χ4n) is 2.35. The Morgan fingerprint density at radius 1 is 1.22 bits per heavy atom. The first-order valence-electron chi connectivity index (χ1n) is 6.51. The summed E-state index contributed by atoms with van der Waals surface area (Å²) in [7, 11) is 1.74. The summed E-state index contributed by atoms with van der Waals surface area (Å²) in [5, 5.41) is 0. The molecule has 1 aliphatic rings. The highest BCUT2D eigenvalue weighted by Gasteiger charge is 2.15. The number of piperazine rings is 1. The molecule has 0 amide bonds. The average Bonchev–Trinajstić information content (AvgIpc) is 2.41. The van der Waals surface area contributed by atoms with E-state index in [0.29, 0.717) is 0 Å². The fourth-order valence-corrected chi connectivity index (χ4v) is 2.78. The first kappa shape index (κ1) is 14.1. The van der Waals surface area contributed by atoms with Crippen molar-refractivity contribution in [3.05, 3.63) is 29.3 Å². The van der Waals surface area contributed by atoms with Crippen molar-refractivity contribution in [2.24, 2.45) is 0 Å². The Labute approximate surface area is 124 Å². The summed E-state index contributed by atoms with van der Waals surface area (Å²) >= 11 is 2.41. The van der Waals surface area contributed by atoms with Crippen LogP contribution in [0.1, 0.15) is 18.1 Å². The van der Waals surface area contributed by atoms with Crippen molar-refractivity contribution in [1.29, 1.82) is 0 Å². The lowest BCUT2D eigenvalue weighted by molar-refractivity contribution is 0.198. The van der Waals surface area contributed by atoms with Crippen LogP contribution >= 0.6 is 22.9 Å². The lowest BCUT2D eigenvalue weighted by Crippen LogP contribution is -2.41. The molecule has 1 fully saturated rings. The van der Waals surface area contributed by atoms with Gasteiger partial charge in [-0.25, -0.2) is 3.11 Å². The van der Waals surface area contributed by atoms with Gasteiger partial charge >= 0.3 is 0 Å². The van der Waals surface area contributed by atoms with Gasteiger partial charge in [0.1, 0.15) is 5.75 Å². The molecule has 0 bridgehead atoms. The van der Waals surface area contributed by atoms with Gasteiger partial charge in [-0.1, -0.05) is 19.1 Å². The largest absolute Gasteiger partial charge is 0.496 e. The van der Waals surface area contributed by atoms with Gasteiger partial charge < -0.3 is 4.74 Å². The fraction of sp³-hybridized carbons (Fsp3) is 0.571. The van der Waals surface area contributed by atoms with Crippen LogP contribution in [0, 0.1) is 0 Å². The maximum absolute atomic E-state index is 5.37. The number of ether oxygens (including phenoxy) is 1. The SMILES string of the molecule is CCc1cc(CN2CCN(I)CC2)ccc1OC. The Bertz CT molecular complexity index is 389. The number of aryl methyl sites for hydroxylation is 1. The third kappa shape index (κ3) is 3.59. The van der Waals surface area contributed by atoms with Crippen LogP contribution in [0.3, 0.4) is 0 Å². The Kier molecular flexibility index (Phi) is 5.26. The summed E-state index contributed by atoms with van der Waals surface area (Å²) in [6, 6.07) is 6.58. The van der Waals surface area contributed by atoms with Crippen LogP contribution in [0.5, 0.6) is 5.75 Å². The Morgan fingerprint density at radius 3 is 2.56 bits per heavy atom. The maximum Gasteiger partial charge on any atom is 0.122 e. The number of benzene rings is 1. The molecule has 1 saturated heterocycles. The van der Waals surface area contributed by atoms with Crippen LogP contribution in [0.15, 0.2) is 18.2 Å². The summed E-state index contributed by atoms with van der Waals surface area (Å²) in [4.78, 5) is 2.52. The van der Waals surface area contributed by atoms with Crippen LogP contribution in [0.25, 0.3) is 0 Å². The Morgan fingerprint density at radius 2 is 1.94 bits per heavy atom. The van der Waals surface area contributed by atoms with Gasteiger partial charge in [0.2, 0.25) is 0 Å². The standard InChI is InChI=1S/C14H21IN2O/c1-3-13-10-12(4-5-14(13)18-2)11-16-6-8-17(15)9-7-16/h4-5,10H,3,6-9,11H2,1-2H3. The highest BCUT2D eigenvalue weighted by Crippen LogP contribution is 2.21. The molecule has 1 heterocycles. The van der Waals surface area contributed by atoms with E-state index in [-0.39, 0.29) is 0 Å². The maximum atomic E-state index is 5.37. The van der Waals surface area contributed by atoms with E-state index >= 15 is 0 Å². The van der Waals surface area contributed by atoms with Gasteiger partial charge in [-0.3, -0.25) is 4.90 Å². The third-order valence-corrected chi connectivity index (χ3v) is 4.41. The molecule has 0 radical (unpaired) electrons. The van der Waals surface area contributed by atoms with Crippen molar-refractivity contribution < 1.29 is 4.74 Å². The van der Waals surface area contributed by atoms with Gasteiger partial charge in [0.15, 0.2) is 0 Å². The van der Waals surface area contributed by atoms with Gasteiger partial charge in [-0.05, 0) is 23.6 Å². The molecule has 0 aromatic heterocycles. The predicted octanol–water partition coefficient (Wildman–Crippen LogP) is 2.73. The molecule has 3 nitrogen and oxygen atoms in total. The molecule has 1 aromatic rings. The molecule has 0 aliphatic carbocycles. The monoisotopic (exact) mass is 360 g/mol. The van der Waals surface area contributed by atoms with Gasteiger partial charge in [0.25, 0.3) is 0 Å². The molecule has 0 spiro atoms. The van der Waals surface area contributed by atoms with Crippen molar-refractivity contribution in [3.63, 3.8) is 0 Å². The molecule has 1 aromatic carbocycles. The quantitative estimate of drug-likeness (QED) is 0.607. The molecule has 0 saturated carbocycles. The average molecular weight is 360 g/mol. The topological polar surface area (TPSA) is 15.7 Å². The minimum Gasteiger partial charge on any atom is -0.496 e. The first-order chi connectivity index (χ1) is 8.72. The van der Waals surface area contributed by atoms with E-state index in [1.807, 2.05) is 0 Å². The minimum atomic E-state index is 1.01. The van der Waals surface area contributed by atoms with Crippen molar-refractivity contribution in [2.45, 2.75) is 19.9 Å². The van der Waals surface area contributed by atoms with Crippen molar-refractivity contribution >= 4 is 22.9 Å². The molecule has 18 heavy (non-hydrogen) atoms. The van der Waals surface area contributed by atoms with E-state index in [1.165, 1.54) is 11.1 Å². The second kappa shape index (κ2) is 6.73. The molecule has 1 aliphatic heterocycles. The van der Waals surface area contributed by atoms with Gasteiger partial charge in [0, 0.05) is 55.6 Å². The summed E-state index contributed by atoms with van der Waals surface area (Å²) < 4.78 is 7.73. The van der Waals surface area contributed by atoms with Crippen LogP contribution in [-0.4, -0.2) is 41.3 Å². The predicted molar refractivity (Wildman–Crippen MR) is 83.2 cm³/mol. The summed E-state index contributed by atoms with van der Waals surface area (Å²) in [5.74, 6) is 1.01. The summed E-state index contributed by atoms with van der Waals surface area (Å²) in [5.41, 5.74) is 2.71. The van der Waals surface area contributed by atoms with Crippen LogP contribution < -0.4 is 4.74 Å². The minimum absolute atomic E-state index is 1.01. The molecule has 0 N–H and O–H groups in total. The van der Waals surface area contributed by atoms with Crippen LogP contribution in [-0.2, 0) is 13.0 Å². The Balaban J connectivity index is 2.01. The van der Waals surface area contributed by atoms with E-state index in [9.17, 15) is 0 Å². The lowest BCUT2D eigenvalue weighted by atomic mass is 10.1. The zero-order chi connectivity index (χ0) is 13.0. The number of nitrogens with zero attached hydrogens (tertiary/aromatic N) is 2. The Hall–Kier alpha value is -0.330. The van der Waals surface area contributed by atoms with Gasteiger partial charge in [0.05, 0.1) is 7.11 Å². The van der Waals surface area contributed by atoms with Crippen molar-refractivity contribution in [3.8, 4) is 5.75 Å². The van der Waals surface area contributed by atoms with Gasteiger partial charge in [-0.2, -0.15) is 0 Å². The zero-order valence-corrected chi connectivity index (χ0v) is 13.3. The van der Waals surface area contributed by atoms with Gasteiger partial charge in [-0.15, -0.1) is 0 Å². The highest BCUT2D eigenvalue weighted by atomic mass is 127. The lowest BCUT2D eigenvalue weighted by Gasteiger charge is -2.31. The molecular weight excluding hydrogens is 339 g/mol. The van der Waals surface area contributed by atoms with Crippen LogP contribution in [0.4, 0.5) is 0 Å². The van der Waals surface area contributed by atoms with Crippen LogP contribution in [0.2, 0.25) is 0 Å². The molecule has 0 unspecified atom stereocenters. The number of hydrogen-bond donors (Lipinski definition) is 0. The summed E-state index contributed by atoms with van der Waals surface area (Å²) in [6.45, 7) is 7.89. The number of rotatable bonds is 4. The first-order valence-corrected chi connectivity index (χ1v) is 7.48. The van der Waals surface area contributed by atoms with E-state index < -0.39 is 0 Å². The van der Waals surface area contributed by atoms with Crippen molar-refractivity contribution in [2.75, 3.05) is 33.3 Å².